The van der Waals surface area contributed by atoms with Crippen LogP contribution >= 0.6 is 34.4 Å². The summed E-state index contributed by atoms with van der Waals surface area (Å²) in [4.78, 5) is 32.5. The molecule has 0 atom stereocenters. The largest absolute Gasteiger partial charge is 0.293 e. The van der Waals surface area contributed by atoms with Crippen LogP contribution in [-0.4, -0.2) is 21.1 Å². The first-order valence-corrected chi connectivity index (χ1v) is 11.0. The third-order valence-electron chi connectivity index (χ3n) is 4.48. The van der Waals surface area contributed by atoms with Crippen LogP contribution in [0.2, 0.25) is 0 Å². The van der Waals surface area contributed by atoms with Gasteiger partial charge in [0, 0.05) is 24.1 Å². The molecule has 0 aromatic carbocycles. The summed E-state index contributed by atoms with van der Waals surface area (Å²) in [5.41, 5.74) is 1.30. The summed E-state index contributed by atoms with van der Waals surface area (Å²) in [5.74, 6) is 0.983. The molecule has 3 aromatic heterocycles. The fourth-order valence-electron chi connectivity index (χ4n) is 3.19. The van der Waals surface area contributed by atoms with E-state index in [4.69, 9.17) is 4.98 Å². The minimum atomic E-state index is 0.0709. The standard InChI is InChI=1S/C18H18N2O2S3/c1-20-17(22)15-11-5-2-7-13(11)25-16(15)19-18(20)24-10-3-6-12(21)14-8-4-9-23-14/h4,8-9H,2-3,5-7,10H2,1H3. The van der Waals surface area contributed by atoms with E-state index < -0.39 is 0 Å². The highest BCUT2D eigenvalue weighted by Crippen LogP contribution is 2.35. The molecule has 25 heavy (non-hydrogen) atoms. The second-order valence-corrected chi connectivity index (χ2v) is 9.24. The number of thiophene rings is 2. The fraction of sp³-hybridized carbons (Fsp3) is 0.389. The molecule has 1 aliphatic carbocycles. The van der Waals surface area contributed by atoms with Crippen LogP contribution < -0.4 is 5.56 Å². The number of hydrogen-bond acceptors (Lipinski definition) is 6. The second-order valence-electron chi connectivity index (χ2n) is 6.15. The summed E-state index contributed by atoms with van der Waals surface area (Å²) in [6.07, 6.45) is 4.55. The van der Waals surface area contributed by atoms with Gasteiger partial charge in [0.15, 0.2) is 10.9 Å². The van der Waals surface area contributed by atoms with E-state index in [1.165, 1.54) is 21.8 Å². The summed E-state index contributed by atoms with van der Waals surface area (Å²) in [6.45, 7) is 0. The van der Waals surface area contributed by atoms with Crippen LogP contribution in [0.5, 0.6) is 0 Å². The van der Waals surface area contributed by atoms with Crippen molar-refractivity contribution in [2.45, 2.75) is 37.3 Å². The predicted molar refractivity (Wildman–Crippen MR) is 105 cm³/mol. The van der Waals surface area contributed by atoms with Gasteiger partial charge in [0.2, 0.25) is 0 Å². The fourth-order valence-corrected chi connectivity index (χ4v) is 6.10. The van der Waals surface area contributed by atoms with Gasteiger partial charge in [-0.15, -0.1) is 22.7 Å². The number of fused-ring (bicyclic) bond motifs is 3. The van der Waals surface area contributed by atoms with Crippen LogP contribution in [0.4, 0.5) is 0 Å². The average molecular weight is 391 g/mol. The molecule has 4 nitrogen and oxygen atoms in total. The molecule has 0 saturated heterocycles. The van der Waals surface area contributed by atoms with Gasteiger partial charge in [-0.25, -0.2) is 4.98 Å². The first-order chi connectivity index (χ1) is 12.1. The maximum Gasteiger partial charge on any atom is 0.262 e. The Kier molecular flexibility index (Phi) is 4.80. The number of carbonyl (C=O) groups excluding carboxylic acids is 1. The van der Waals surface area contributed by atoms with Gasteiger partial charge in [0.1, 0.15) is 4.83 Å². The maximum atomic E-state index is 12.7. The zero-order valence-electron chi connectivity index (χ0n) is 13.9. The third-order valence-corrected chi connectivity index (χ3v) is 7.69. The molecule has 1 aliphatic rings. The van der Waals surface area contributed by atoms with Crippen molar-refractivity contribution in [3.8, 4) is 0 Å². The molecule has 0 N–H and O–H groups in total. The van der Waals surface area contributed by atoms with Crippen LogP contribution in [0.1, 0.15) is 39.4 Å². The average Bonchev–Trinajstić information content (AvgIpc) is 3.31. The van der Waals surface area contributed by atoms with Gasteiger partial charge in [-0.1, -0.05) is 17.8 Å². The number of hydrogen-bond donors (Lipinski definition) is 0. The van der Waals surface area contributed by atoms with Crippen molar-refractivity contribution in [2.75, 3.05) is 5.75 Å². The molecule has 0 amide bonds. The van der Waals surface area contributed by atoms with Gasteiger partial charge < -0.3 is 0 Å². The molecule has 0 bridgehead atoms. The van der Waals surface area contributed by atoms with Crippen molar-refractivity contribution < 1.29 is 4.79 Å². The number of ketones is 1. The van der Waals surface area contributed by atoms with Gasteiger partial charge in [-0.05, 0) is 42.7 Å². The van der Waals surface area contributed by atoms with Crippen LogP contribution in [0.3, 0.4) is 0 Å². The number of Topliss-reactive ketones (excluding diaryl/α,β-unsaturated/α-hetero) is 1. The molecule has 3 heterocycles. The Labute approximate surface area is 157 Å². The summed E-state index contributed by atoms with van der Waals surface area (Å²) >= 11 is 4.73. The molecule has 0 fully saturated rings. The summed E-state index contributed by atoms with van der Waals surface area (Å²) in [7, 11) is 1.80. The summed E-state index contributed by atoms with van der Waals surface area (Å²) in [5, 5.41) is 3.51. The van der Waals surface area contributed by atoms with E-state index in [0.717, 1.165) is 51.7 Å². The molecular formula is C18H18N2O2S3. The molecule has 0 radical (unpaired) electrons. The third kappa shape index (κ3) is 3.20. The number of aryl methyl sites for hydroxylation is 2. The number of thioether (sulfide) groups is 1. The zero-order valence-corrected chi connectivity index (χ0v) is 16.4. The van der Waals surface area contributed by atoms with Gasteiger partial charge in [-0.3, -0.25) is 14.2 Å². The first kappa shape index (κ1) is 17.0. The van der Waals surface area contributed by atoms with Crippen LogP contribution in [0.15, 0.2) is 27.5 Å². The van der Waals surface area contributed by atoms with E-state index in [1.54, 1.807) is 34.7 Å². The molecule has 0 unspecified atom stereocenters. The highest BCUT2D eigenvalue weighted by Gasteiger charge is 2.22. The van der Waals surface area contributed by atoms with Crippen molar-refractivity contribution in [2.24, 2.45) is 7.05 Å². The zero-order chi connectivity index (χ0) is 17.4. The Bertz CT molecular complexity index is 986. The van der Waals surface area contributed by atoms with Gasteiger partial charge >= 0.3 is 0 Å². The van der Waals surface area contributed by atoms with Crippen molar-refractivity contribution in [3.05, 3.63) is 43.2 Å². The lowest BCUT2D eigenvalue weighted by Crippen LogP contribution is -2.20. The van der Waals surface area contributed by atoms with Crippen molar-refractivity contribution in [3.63, 3.8) is 0 Å². The van der Waals surface area contributed by atoms with Crippen molar-refractivity contribution >= 4 is 50.4 Å². The highest BCUT2D eigenvalue weighted by atomic mass is 32.2. The first-order valence-electron chi connectivity index (χ1n) is 8.36. The van der Waals surface area contributed by atoms with Crippen LogP contribution in [0, 0.1) is 0 Å². The molecule has 130 valence electrons. The number of rotatable bonds is 6. The summed E-state index contributed by atoms with van der Waals surface area (Å²) in [6, 6.07) is 3.77. The number of aromatic nitrogens is 2. The van der Waals surface area contributed by atoms with Crippen LogP contribution in [-0.2, 0) is 19.9 Å². The van der Waals surface area contributed by atoms with Crippen molar-refractivity contribution in [1.29, 1.82) is 0 Å². The lowest BCUT2D eigenvalue weighted by molar-refractivity contribution is 0.0986. The van der Waals surface area contributed by atoms with E-state index in [9.17, 15) is 9.59 Å². The van der Waals surface area contributed by atoms with Crippen LogP contribution in [0.25, 0.3) is 10.2 Å². The van der Waals surface area contributed by atoms with E-state index in [-0.39, 0.29) is 11.3 Å². The Hall–Kier alpha value is -1.44. The Morgan fingerprint density at radius 1 is 1.40 bits per heavy atom. The van der Waals surface area contributed by atoms with E-state index in [1.807, 2.05) is 17.5 Å². The Morgan fingerprint density at radius 3 is 3.08 bits per heavy atom. The van der Waals surface area contributed by atoms with E-state index >= 15 is 0 Å². The van der Waals surface area contributed by atoms with Crippen molar-refractivity contribution in [1.82, 2.24) is 9.55 Å². The van der Waals surface area contributed by atoms with Gasteiger partial charge in [0.05, 0.1) is 10.3 Å². The SMILES string of the molecule is Cn1c(SCCCC(=O)c2cccs2)nc2sc3c(c2c1=O)CCC3. The molecule has 0 saturated carbocycles. The normalized spacial score (nSPS) is 13.5. The molecule has 7 heteroatoms. The molecule has 3 aromatic rings. The van der Waals surface area contributed by atoms with E-state index in [2.05, 4.69) is 0 Å². The molecular weight excluding hydrogens is 372 g/mol. The van der Waals surface area contributed by atoms with Gasteiger partial charge in [-0.2, -0.15) is 0 Å². The Morgan fingerprint density at radius 2 is 2.28 bits per heavy atom. The highest BCUT2D eigenvalue weighted by molar-refractivity contribution is 7.99. The quantitative estimate of drug-likeness (QED) is 0.272. The van der Waals surface area contributed by atoms with Gasteiger partial charge in [0.25, 0.3) is 5.56 Å². The second kappa shape index (κ2) is 7.05. The molecule has 4 rings (SSSR count). The summed E-state index contributed by atoms with van der Waals surface area (Å²) < 4.78 is 1.67. The predicted octanol–water partition coefficient (Wildman–Crippen LogP) is 4.30. The van der Waals surface area contributed by atoms with E-state index in [0.29, 0.717) is 6.42 Å². The maximum absolute atomic E-state index is 12.7. The minimum absolute atomic E-state index is 0.0709. The lowest BCUT2D eigenvalue weighted by Gasteiger charge is -2.07. The molecule has 0 spiro atoms. The minimum Gasteiger partial charge on any atom is -0.293 e. The number of carbonyl (C=O) groups is 1. The topological polar surface area (TPSA) is 52.0 Å². The Balaban J connectivity index is 1.46. The lowest BCUT2D eigenvalue weighted by atomic mass is 10.2. The monoisotopic (exact) mass is 390 g/mol. The number of nitrogens with zero attached hydrogens (tertiary/aromatic N) is 2. The molecule has 0 aliphatic heterocycles. The smallest absolute Gasteiger partial charge is 0.262 e.